The van der Waals surface area contributed by atoms with Gasteiger partial charge in [-0.15, -0.1) is 15.3 Å². The minimum absolute atomic E-state index is 0.0191. The van der Waals surface area contributed by atoms with Crippen molar-refractivity contribution in [3.63, 3.8) is 0 Å². The van der Waals surface area contributed by atoms with E-state index in [2.05, 4.69) is 35.8 Å². The molecule has 19 nitrogen and oxygen atoms in total. The molecule has 1 aliphatic heterocycles. The molecular formula is C38H24N8O11S. The maximum Gasteiger partial charge on any atom is 0.355 e. The van der Waals surface area contributed by atoms with E-state index < -0.39 is 62.0 Å². The van der Waals surface area contributed by atoms with E-state index in [1.54, 1.807) is 54.6 Å². The van der Waals surface area contributed by atoms with Gasteiger partial charge >= 0.3 is 17.9 Å². The lowest BCUT2D eigenvalue weighted by atomic mass is 10.1. The van der Waals surface area contributed by atoms with Gasteiger partial charge in [-0.1, -0.05) is 48.5 Å². The predicted molar refractivity (Wildman–Crippen MR) is 205 cm³/mol. The Morgan fingerprint density at radius 3 is 1.83 bits per heavy atom. The molecule has 0 radical (unpaired) electrons. The number of aromatic carboxylic acids is 2. The lowest BCUT2D eigenvalue weighted by Crippen LogP contribution is -2.32. The number of aromatic hydroxyl groups is 1. The van der Waals surface area contributed by atoms with Crippen molar-refractivity contribution >= 4 is 95.3 Å². The van der Waals surface area contributed by atoms with Gasteiger partial charge in [0.05, 0.1) is 39.6 Å². The van der Waals surface area contributed by atoms with Crippen LogP contribution in [0.25, 0.3) is 21.5 Å². The van der Waals surface area contributed by atoms with Crippen molar-refractivity contribution in [2.45, 2.75) is 10.9 Å². The summed E-state index contributed by atoms with van der Waals surface area (Å²) in [6, 6.07) is 24.3. The zero-order valence-electron chi connectivity index (χ0n) is 29.1. The lowest BCUT2D eigenvalue weighted by molar-refractivity contribution is -0.130. The van der Waals surface area contributed by atoms with E-state index in [0.717, 1.165) is 29.3 Å². The van der Waals surface area contributed by atoms with Crippen LogP contribution in [-0.2, 0) is 19.7 Å². The summed E-state index contributed by atoms with van der Waals surface area (Å²) < 4.78 is 35.1. The molecule has 7 rings (SSSR count). The third kappa shape index (κ3) is 7.58. The largest absolute Gasteiger partial charge is 0.505 e. The molecule has 6 aromatic rings. The van der Waals surface area contributed by atoms with Crippen molar-refractivity contribution in [3.05, 3.63) is 120 Å². The van der Waals surface area contributed by atoms with E-state index in [9.17, 15) is 52.6 Å². The molecule has 6 aromatic carbocycles. The van der Waals surface area contributed by atoms with Crippen LogP contribution < -0.4 is 5.01 Å². The normalized spacial score (nSPS) is 14.6. The van der Waals surface area contributed by atoms with Crippen LogP contribution in [0.5, 0.6) is 5.75 Å². The van der Waals surface area contributed by atoms with Crippen molar-refractivity contribution in [1.82, 2.24) is 0 Å². The van der Waals surface area contributed by atoms with Gasteiger partial charge in [-0.3, -0.25) is 9.35 Å². The third-order valence-corrected chi connectivity index (χ3v) is 9.42. The van der Waals surface area contributed by atoms with Gasteiger partial charge < -0.3 is 20.4 Å². The van der Waals surface area contributed by atoms with E-state index in [1.807, 2.05) is 0 Å². The number of azo groups is 3. The zero-order valence-corrected chi connectivity index (χ0v) is 30.0. The van der Waals surface area contributed by atoms with Crippen molar-refractivity contribution in [2.75, 3.05) is 5.01 Å². The fourth-order valence-corrected chi connectivity index (χ4v) is 6.50. The molecule has 0 saturated heterocycles. The minimum Gasteiger partial charge on any atom is -0.505 e. The van der Waals surface area contributed by atoms with Crippen LogP contribution in [0, 0.1) is 0 Å². The number of carboxylic acids is 3. The molecule has 0 bridgehead atoms. The highest BCUT2D eigenvalue weighted by molar-refractivity contribution is 7.86. The second kappa shape index (κ2) is 15.2. The number of hydrogen-bond donors (Lipinski definition) is 5. The summed E-state index contributed by atoms with van der Waals surface area (Å²) in [5.74, 6) is -5.73. The third-order valence-electron chi connectivity index (χ3n) is 8.55. The summed E-state index contributed by atoms with van der Waals surface area (Å²) in [5.41, 5.74) is -1.14. The average Bonchev–Trinajstić information content (AvgIpc) is 3.54. The number of carbonyl (C=O) groups excluding carboxylic acids is 1. The molecule has 0 spiro atoms. The first kappa shape index (κ1) is 38.2. The molecule has 58 heavy (non-hydrogen) atoms. The van der Waals surface area contributed by atoms with Gasteiger partial charge in [0.2, 0.25) is 6.04 Å². The second-order valence-corrected chi connectivity index (χ2v) is 13.7. The fraction of sp³-hybridized carbons (Fsp3) is 0.0263. The zero-order chi connectivity index (χ0) is 41.3. The molecule has 1 unspecified atom stereocenters. The fourth-order valence-electron chi connectivity index (χ4n) is 5.84. The van der Waals surface area contributed by atoms with Crippen LogP contribution in [0.4, 0.5) is 34.1 Å². The average molecular weight is 801 g/mol. The van der Waals surface area contributed by atoms with Crippen LogP contribution in [0.1, 0.15) is 20.7 Å². The molecule has 0 saturated carbocycles. The first-order valence-electron chi connectivity index (χ1n) is 16.6. The maximum atomic E-state index is 13.1. The Kier molecular flexibility index (Phi) is 10.0. The van der Waals surface area contributed by atoms with Crippen molar-refractivity contribution < 1.29 is 52.6 Å². The summed E-state index contributed by atoms with van der Waals surface area (Å²) in [7, 11) is -5.00. The van der Waals surface area contributed by atoms with Crippen LogP contribution in [0.15, 0.2) is 150 Å². The number of nitrogens with zero attached hydrogens (tertiary/aromatic N) is 8. The number of hydrazone groups is 1. The van der Waals surface area contributed by atoms with Crippen molar-refractivity contribution in [3.8, 4) is 5.75 Å². The smallest absolute Gasteiger partial charge is 0.355 e. The summed E-state index contributed by atoms with van der Waals surface area (Å²) in [6.45, 7) is 0. The molecule has 20 heteroatoms. The van der Waals surface area contributed by atoms with Gasteiger partial charge in [-0.25, -0.2) is 14.4 Å². The van der Waals surface area contributed by atoms with Gasteiger partial charge in [-0.05, 0) is 66.0 Å². The Hall–Kier alpha value is -8.10. The number of para-hydroxylation sites is 1. The Morgan fingerprint density at radius 1 is 0.638 bits per heavy atom. The number of phenols is 1. The summed E-state index contributed by atoms with van der Waals surface area (Å²) in [5, 5.41) is 70.0. The number of fused-ring (bicyclic) bond motifs is 2. The first-order valence-corrected chi connectivity index (χ1v) is 18.0. The Labute approximate surface area is 325 Å². The van der Waals surface area contributed by atoms with Gasteiger partial charge in [0.15, 0.2) is 11.5 Å². The molecule has 1 aliphatic rings. The van der Waals surface area contributed by atoms with Crippen LogP contribution in [-0.4, -0.2) is 69.0 Å². The number of phenolic OH excluding ortho intramolecular Hbond substituents is 1. The molecule has 0 fully saturated rings. The van der Waals surface area contributed by atoms with Gasteiger partial charge in [0.1, 0.15) is 10.6 Å². The number of benzene rings is 6. The Bertz CT molecular complexity index is 2940. The molecule has 0 aromatic heterocycles. The molecular weight excluding hydrogens is 777 g/mol. The van der Waals surface area contributed by atoms with Gasteiger partial charge in [0, 0.05) is 16.2 Å². The monoisotopic (exact) mass is 800 g/mol. The molecule has 5 N–H and O–H groups in total. The number of rotatable bonds is 11. The van der Waals surface area contributed by atoms with E-state index in [4.69, 9.17) is 0 Å². The minimum atomic E-state index is -5.00. The number of aliphatic carboxylic acids is 1. The SMILES string of the molecule is O=C(O)C1=NN(c2ccccc2)C(=O)C1N=Nc1ccc2cc(S(=O)(=O)O)c(N=Nc3ccc(N=Nc4cc(C(=O)O)cc(C(=O)O)c4)c4ccccc34)c(O)c2c1. The molecule has 1 atom stereocenters. The summed E-state index contributed by atoms with van der Waals surface area (Å²) in [6.07, 6.45) is 0. The predicted octanol–water partition coefficient (Wildman–Crippen LogP) is 8.11. The topological polar surface area (TPSA) is 293 Å². The maximum absolute atomic E-state index is 13.1. The quantitative estimate of drug-likeness (QED) is 0.0615. The number of hydrogen-bond acceptors (Lipinski definition) is 14. The highest BCUT2D eigenvalue weighted by Crippen LogP contribution is 2.43. The summed E-state index contributed by atoms with van der Waals surface area (Å²) >= 11 is 0. The number of carbonyl (C=O) groups is 4. The highest BCUT2D eigenvalue weighted by Gasteiger charge is 2.41. The van der Waals surface area contributed by atoms with E-state index in [0.29, 0.717) is 16.5 Å². The van der Waals surface area contributed by atoms with E-state index in [1.165, 1.54) is 30.3 Å². The number of anilines is 1. The second-order valence-electron chi connectivity index (χ2n) is 12.3. The van der Waals surface area contributed by atoms with Crippen molar-refractivity contribution in [2.24, 2.45) is 35.8 Å². The molecule has 0 aliphatic carbocycles. The van der Waals surface area contributed by atoms with Crippen LogP contribution in [0.2, 0.25) is 0 Å². The highest BCUT2D eigenvalue weighted by atomic mass is 32.2. The molecule has 1 amide bonds. The Morgan fingerprint density at radius 2 is 1.24 bits per heavy atom. The van der Waals surface area contributed by atoms with Crippen LogP contribution in [0.3, 0.4) is 0 Å². The van der Waals surface area contributed by atoms with Crippen LogP contribution >= 0.6 is 0 Å². The first-order chi connectivity index (χ1) is 27.7. The standard InChI is InChI=1S/C38H24N8O11S/c47-34-27-18-22(39-44-32-33(38(53)54)45-46(35(32)48)24-6-2-1-3-7-24)11-10-19(27)17-30(58(55,56)57)31(34)43-42-29-13-12-28(25-8-4-5-9-26(25)29)41-40-23-15-20(36(49)50)14-21(16-23)37(51)52/h1-18,32,47H,(H,49,50)(H,51,52)(H,53,54)(H,55,56,57). The number of carboxylic acid groups (broad SMARTS) is 3. The molecule has 1 heterocycles. The lowest BCUT2D eigenvalue weighted by Gasteiger charge is -2.11. The number of amides is 1. The van der Waals surface area contributed by atoms with E-state index in [-0.39, 0.29) is 44.6 Å². The van der Waals surface area contributed by atoms with E-state index >= 15 is 0 Å². The van der Waals surface area contributed by atoms with Gasteiger partial charge in [0.25, 0.3) is 16.0 Å². The Balaban J connectivity index is 1.24. The summed E-state index contributed by atoms with van der Waals surface area (Å²) in [4.78, 5) is 47.3. The van der Waals surface area contributed by atoms with Crippen molar-refractivity contribution in [1.29, 1.82) is 0 Å². The van der Waals surface area contributed by atoms with Gasteiger partial charge in [-0.2, -0.15) is 33.9 Å². The molecule has 288 valence electrons.